The van der Waals surface area contributed by atoms with Crippen LogP contribution in [-0.2, 0) is 14.4 Å². The SMILES string of the molecule is O=C1[C@@H]2N=NN(CC(=O)N3N=C4/C(=C/c5ccc(Cl)cc5Cl)CCC[C@@H]4[C@H]3c3ccc(Cl)cc3Cl)[C@H]2C(=O)N1c1cccc(Br)c1. The molecule has 1 aliphatic carbocycles. The van der Waals surface area contributed by atoms with Crippen LogP contribution >= 0.6 is 62.3 Å². The smallest absolute Gasteiger partial charge is 0.264 e. The number of carbonyl (C=O) groups is 3. The van der Waals surface area contributed by atoms with Gasteiger partial charge in [0.2, 0.25) is 0 Å². The monoisotopic (exact) mass is 758 g/mol. The van der Waals surface area contributed by atoms with Gasteiger partial charge in [0.1, 0.15) is 6.54 Å². The fourth-order valence-corrected chi connectivity index (χ4v) is 7.87. The molecular weight excluding hydrogens is 738 g/mol. The van der Waals surface area contributed by atoms with Crippen LogP contribution in [-0.4, -0.2) is 52.1 Å². The molecule has 14 heteroatoms. The Bertz CT molecular complexity index is 1900. The molecule has 0 unspecified atom stereocenters. The van der Waals surface area contributed by atoms with Crippen molar-refractivity contribution in [3.8, 4) is 0 Å². The van der Waals surface area contributed by atoms with Crippen molar-refractivity contribution in [1.29, 1.82) is 0 Å². The Hall–Kier alpha value is -3.28. The van der Waals surface area contributed by atoms with E-state index in [1.54, 1.807) is 48.5 Å². The van der Waals surface area contributed by atoms with Crippen LogP contribution in [0.3, 0.4) is 0 Å². The van der Waals surface area contributed by atoms with E-state index in [9.17, 15) is 14.4 Å². The zero-order valence-corrected chi connectivity index (χ0v) is 28.4. The molecule has 3 heterocycles. The number of allylic oxidation sites excluding steroid dienone is 1. The Morgan fingerprint density at radius 2 is 1.70 bits per heavy atom. The lowest BCUT2D eigenvalue weighted by atomic mass is 9.77. The Kier molecular flexibility index (Phi) is 8.44. The van der Waals surface area contributed by atoms with Crippen LogP contribution in [0.15, 0.2) is 86.1 Å². The summed E-state index contributed by atoms with van der Waals surface area (Å²) in [6.45, 7) is -0.330. The highest BCUT2D eigenvalue weighted by Gasteiger charge is 2.55. The molecule has 0 N–H and O–H groups in total. The maximum atomic E-state index is 14.2. The number of imide groups is 1. The van der Waals surface area contributed by atoms with Gasteiger partial charge in [0.25, 0.3) is 17.7 Å². The Labute approximate surface area is 292 Å². The van der Waals surface area contributed by atoms with Crippen LogP contribution in [0.2, 0.25) is 20.1 Å². The number of benzene rings is 3. The van der Waals surface area contributed by atoms with Gasteiger partial charge in [-0.15, -0.1) is 0 Å². The normalized spacial score (nSPS) is 24.6. The number of hydrazone groups is 1. The predicted octanol–water partition coefficient (Wildman–Crippen LogP) is 8.18. The van der Waals surface area contributed by atoms with Crippen LogP contribution in [0, 0.1) is 5.92 Å². The van der Waals surface area contributed by atoms with Crippen LogP contribution in [0.5, 0.6) is 0 Å². The van der Waals surface area contributed by atoms with E-state index in [0.717, 1.165) is 41.0 Å². The molecule has 3 aromatic carbocycles. The van der Waals surface area contributed by atoms with E-state index in [1.807, 2.05) is 18.2 Å². The summed E-state index contributed by atoms with van der Waals surface area (Å²) in [5.74, 6) is -1.60. The lowest BCUT2D eigenvalue weighted by Crippen LogP contribution is -2.45. The minimum absolute atomic E-state index is 0.164. The molecule has 3 amide bonds. The van der Waals surface area contributed by atoms with E-state index in [-0.39, 0.29) is 12.5 Å². The number of halogens is 5. The maximum absolute atomic E-state index is 14.2. The van der Waals surface area contributed by atoms with Gasteiger partial charge in [-0.3, -0.25) is 19.4 Å². The number of fused-ring (bicyclic) bond motifs is 2. The zero-order valence-electron chi connectivity index (χ0n) is 23.8. The molecule has 0 radical (unpaired) electrons. The molecule has 0 spiro atoms. The molecule has 4 aliphatic rings. The highest BCUT2D eigenvalue weighted by Crippen LogP contribution is 2.47. The van der Waals surface area contributed by atoms with Crippen LogP contribution in [0.1, 0.15) is 36.4 Å². The van der Waals surface area contributed by atoms with Crippen molar-refractivity contribution < 1.29 is 14.4 Å². The standard InChI is InChI=1S/C32H23BrCl4N6O3/c33-18-4-2-5-21(12-18)42-31(45)28-30(32(42)46)41(40-38-28)15-26(44)43-29(22-10-9-20(35)14-25(22)37)23-6-1-3-17(27(23)39-43)11-16-7-8-19(34)13-24(16)36/h2,4-5,7-14,23,28-30H,1,3,6,15H2/b17-11+/t23-,28+,29+,30+/m0/s1. The average molecular weight is 761 g/mol. The number of nitrogens with zero attached hydrogens (tertiary/aromatic N) is 6. The summed E-state index contributed by atoms with van der Waals surface area (Å²) in [6, 6.07) is 14.7. The molecule has 0 aromatic heterocycles. The van der Waals surface area contributed by atoms with Gasteiger partial charge < -0.3 is 0 Å². The van der Waals surface area contributed by atoms with Gasteiger partial charge in [0, 0.05) is 30.5 Å². The largest absolute Gasteiger partial charge is 0.271 e. The van der Waals surface area contributed by atoms with Crippen molar-refractivity contribution >= 4 is 97.5 Å². The summed E-state index contributed by atoms with van der Waals surface area (Å²) < 4.78 is 0.713. The molecule has 4 atom stereocenters. The van der Waals surface area contributed by atoms with Gasteiger partial charge in [-0.2, -0.15) is 10.2 Å². The predicted molar refractivity (Wildman–Crippen MR) is 181 cm³/mol. The Morgan fingerprint density at radius 1 is 0.935 bits per heavy atom. The van der Waals surface area contributed by atoms with Crippen LogP contribution < -0.4 is 4.90 Å². The third kappa shape index (κ3) is 5.54. The van der Waals surface area contributed by atoms with Gasteiger partial charge in [0.05, 0.1) is 17.4 Å². The number of hydrogen-bond donors (Lipinski definition) is 0. The summed E-state index contributed by atoms with van der Waals surface area (Å²) in [7, 11) is 0. The van der Waals surface area contributed by atoms with Gasteiger partial charge >= 0.3 is 0 Å². The van der Waals surface area contributed by atoms with Crippen molar-refractivity contribution in [2.24, 2.45) is 21.4 Å². The van der Waals surface area contributed by atoms with Crippen molar-refractivity contribution in [3.63, 3.8) is 0 Å². The van der Waals surface area contributed by atoms with Crippen molar-refractivity contribution in [2.75, 3.05) is 11.4 Å². The number of rotatable bonds is 5. The second-order valence-corrected chi connectivity index (χ2v) is 14.0. The van der Waals surface area contributed by atoms with E-state index in [1.165, 1.54) is 10.0 Å². The van der Waals surface area contributed by atoms with E-state index >= 15 is 0 Å². The fourth-order valence-electron chi connectivity index (χ4n) is 6.50. The first kappa shape index (κ1) is 31.3. The summed E-state index contributed by atoms with van der Waals surface area (Å²) >= 11 is 29.0. The first-order valence-corrected chi connectivity index (χ1v) is 16.7. The number of amides is 3. The van der Waals surface area contributed by atoms with E-state index < -0.39 is 35.8 Å². The van der Waals surface area contributed by atoms with Crippen molar-refractivity contribution in [3.05, 3.63) is 102 Å². The number of anilines is 1. The zero-order chi connectivity index (χ0) is 32.3. The third-order valence-corrected chi connectivity index (χ3v) is 10.2. The summed E-state index contributed by atoms with van der Waals surface area (Å²) in [5, 5.41) is 17.7. The summed E-state index contributed by atoms with van der Waals surface area (Å²) in [4.78, 5) is 42.1. The number of hydrogen-bond acceptors (Lipinski definition) is 7. The quantitative estimate of drug-likeness (QED) is 0.245. The molecule has 1 saturated heterocycles. The minimum atomic E-state index is -1.05. The third-order valence-electron chi connectivity index (χ3n) is 8.55. The van der Waals surface area contributed by atoms with E-state index in [2.05, 4.69) is 26.3 Å². The van der Waals surface area contributed by atoms with Gasteiger partial charge in [0.15, 0.2) is 12.1 Å². The van der Waals surface area contributed by atoms with Gasteiger partial charge in [-0.05, 0) is 84.5 Å². The Morgan fingerprint density at radius 3 is 2.43 bits per heavy atom. The average Bonchev–Trinajstić information content (AvgIpc) is 3.68. The maximum Gasteiger partial charge on any atom is 0.264 e. The van der Waals surface area contributed by atoms with Crippen molar-refractivity contribution in [1.82, 2.24) is 10.0 Å². The van der Waals surface area contributed by atoms with Crippen LogP contribution in [0.4, 0.5) is 5.69 Å². The molecule has 7 rings (SSSR count). The van der Waals surface area contributed by atoms with Crippen LogP contribution in [0.25, 0.3) is 6.08 Å². The highest BCUT2D eigenvalue weighted by atomic mass is 79.9. The van der Waals surface area contributed by atoms with Gasteiger partial charge in [-0.1, -0.05) is 85.8 Å². The molecular formula is C32H23BrCl4N6O3. The summed E-state index contributed by atoms with van der Waals surface area (Å²) in [6.07, 6.45) is 4.34. The lowest BCUT2D eigenvalue weighted by molar-refractivity contribution is -0.136. The van der Waals surface area contributed by atoms with E-state index in [4.69, 9.17) is 51.5 Å². The fraction of sp³-hybridized carbons (Fsp3) is 0.250. The second kappa shape index (κ2) is 12.4. The lowest BCUT2D eigenvalue weighted by Gasteiger charge is -2.31. The van der Waals surface area contributed by atoms with E-state index in [0.29, 0.717) is 35.8 Å². The second-order valence-electron chi connectivity index (χ2n) is 11.4. The topological polar surface area (TPSA) is 98.0 Å². The molecule has 3 aromatic rings. The Balaban J connectivity index is 1.21. The number of carbonyl (C=O) groups excluding carboxylic acids is 3. The molecule has 2 fully saturated rings. The summed E-state index contributed by atoms with van der Waals surface area (Å²) in [5.41, 5.74) is 3.61. The first-order valence-electron chi connectivity index (χ1n) is 14.4. The molecule has 3 aliphatic heterocycles. The minimum Gasteiger partial charge on any atom is -0.271 e. The molecule has 234 valence electrons. The molecule has 0 bridgehead atoms. The highest BCUT2D eigenvalue weighted by molar-refractivity contribution is 9.10. The first-order chi connectivity index (χ1) is 22.1. The molecule has 1 saturated carbocycles. The van der Waals surface area contributed by atoms with Gasteiger partial charge in [-0.25, -0.2) is 9.91 Å². The van der Waals surface area contributed by atoms with Crippen molar-refractivity contribution in [2.45, 2.75) is 37.4 Å². The molecule has 46 heavy (non-hydrogen) atoms. The molecule has 9 nitrogen and oxygen atoms in total.